The van der Waals surface area contributed by atoms with E-state index >= 15 is 0 Å². The number of rotatable bonds is 5. The van der Waals surface area contributed by atoms with Gasteiger partial charge < -0.3 is 10.1 Å². The number of nitrogens with zero attached hydrogens (tertiary/aromatic N) is 1. The highest BCUT2D eigenvalue weighted by atomic mass is 35.5. The molecule has 3 aromatic carbocycles. The predicted octanol–water partition coefficient (Wildman–Crippen LogP) is 6.60. The van der Waals surface area contributed by atoms with Crippen LogP contribution in [-0.2, 0) is 9.59 Å². The molecule has 3 fully saturated rings. The zero-order chi connectivity index (χ0) is 26.1. The molecule has 38 heavy (non-hydrogen) atoms. The molecule has 0 aromatic heterocycles. The summed E-state index contributed by atoms with van der Waals surface area (Å²) in [7, 11) is 0. The molecular formula is C30H22Cl2N2O4. The summed E-state index contributed by atoms with van der Waals surface area (Å²) in [6.07, 6.45) is 5.42. The molecule has 190 valence electrons. The van der Waals surface area contributed by atoms with Gasteiger partial charge in [-0.25, -0.2) is 4.90 Å². The minimum absolute atomic E-state index is 0.140. The van der Waals surface area contributed by atoms with E-state index in [2.05, 4.69) is 17.5 Å². The van der Waals surface area contributed by atoms with E-state index < -0.39 is 0 Å². The summed E-state index contributed by atoms with van der Waals surface area (Å²) in [6.45, 7) is 0. The fourth-order valence-electron chi connectivity index (χ4n) is 6.49. The summed E-state index contributed by atoms with van der Waals surface area (Å²) in [4.78, 5) is 41.2. The molecule has 1 N–H and O–H groups in total. The van der Waals surface area contributed by atoms with E-state index in [1.165, 1.54) is 4.90 Å². The Morgan fingerprint density at radius 2 is 1.55 bits per heavy atom. The fourth-order valence-corrected chi connectivity index (χ4v) is 6.94. The first-order chi connectivity index (χ1) is 18.4. The number of carbonyl (C=O) groups excluding carboxylic acids is 3. The standard InChI is InChI=1S/C30H22Cl2N2O4/c31-16-4-11-25(24(32)13-16)38-19-7-5-17(6-8-19)33-28(35)15-2-1-3-18(12-15)34-29(36)26-20-9-10-21(23-14-22(20)23)27(26)30(34)37/h1-13,20-23,26-27H,14H2,(H,33,35)/t20-,21-,22-,23-,26-,27+/m1/s1. The summed E-state index contributed by atoms with van der Waals surface area (Å²) in [6, 6.07) is 18.5. The van der Waals surface area contributed by atoms with Crippen molar-refractivity contribution in [3.05, 3.63) is 94.5 Å². The van der Waals surface area contributed by atoms with E-state index in [-0.39, 0.29) is 41.4 Å². The SMILES string of the molecule is O=C(Nc1ccc(Oc2ccc(Cl)cc2Cl)cc1)c1cccc(N2C(=O)[C@@H]3[C@@H]4C=C[C@H]([C@H]5C[C@H]45)[C@@H]3C2=O)c1. The molecule has 2 bridgehead atoms. The Balaban J connectivity index is 1.06. The monoisotopic (exact) mass is 544 g/mol. The maximum atomic E-state index is 13.4. The van der Waals surface area contributed by atoms with E-state index in [0.29, 0.717) is 50.3 Å². The largest absolute Gasteiger partial charge is 0.456 e. The van der Waals surface area contributed by atoms with Gasteiger partial charge in [-0.15, -0.1) is 0 Å². The van der Waals surface area contributed by atoms with Gasteiger partial charge in [0, 0.05) is 16.3 Å². The number of ether oxygens (including phenoxy) is 1. The summed E-state index contributed by atoms with van der Waals surface area (Å²) >= 11 is 12.1. The highest BCUT2D eigenvalue weighted by Crippen LogP contribution is 2.65. The topological polar surface area (TPSA) is 75.7 Å². The van der Waals surface area contributed by atoms with Gasteiger partial charge in [0.1, 0.15) is 11.5 Å². The first-order valence-electron chi connectivity index (χ1n) is 12.6. The van der Waals surface area contributed by atoms with Crippen LogP contribution in [0.3, 0.4) is 0 Å². The van der Waals surface area contributed by atoms with Crippen LogP contribution in [0.1, 0.15) is 16.8 Å². The van der Waals surface area contributed by atoms with Crippen LogP contribution < -0.4 is 15.0 Å². The number of imide groups is 1. The van der Waals surface area contributed by atoms with Crippen molar-refractivity contribution in [3.8, 4) is 11.5 Å². The van der Waals surface area contributed by atoms with Gasteiger partial charge >= 0.3 is 0 Å². The average Bonchev–Trinajstić information content (AvgIpc) is 3.69. The average molecular weight is 545 g/mol. The van der Waals surface area contributed by atoms with Crippen molar-refractivity contribution < 1.29 is 19.1 Å². The Morgan fingerprint density at radius 1 is 0.868 bits per heavy atom. The molecule has 2 saturated carbocycles. The number of halogens is 2. The lowest BCUT2D eigenvalue weighted by Gasteiger charge is -2.37. The summed E-state index contributed by atoms with van der Waals surface area (Å²) in [5.74, 6) is 1.23. The van der Waals surface area contributed by atoms with Crippen LogP contribution in [0.4, 0.5) is 11.4 Å². The van der Waals surface area contributed by atoms with Gasteiger partial charge in [-0.3, -0.25) is 14.4 Å². The molecule has 1 heterocycles. The van der Waals surface area contributed by atoms with Gasteiger partial charge in [-0.2, -0.15) is 0 Å². The van der Waals surface area contributed by atoms with Crippen molar-refractivity contribution in [3.63, 3.8) is 0 Å². The number of carbonyl (C=O) groups is 3. The lowest BCUT2D eigenvalue weighted by Crippen LogP contribution is -2.40. The van der Waals surface area contributed by atoms with Crippen LogP contribution in [0.2, 0.25) is 10.0 Å². The molecule has 1 saturated heterocycles. The van der Waals surface area contributed by atoms with Crippen molar-refractivity contribution in [1.29, 1.82) is 0 Å². The number of hydrogen-bond donors (Lipinski definition) is 1. The van der Waals surface area contributed by atoms with Crippen LogP contribution in [0.25, 0.3) is 0 Å². The zero-order valence-corrected chi connectivity index (χ0v) is 21.5. The molecule has 8 heteroatoms. The van der Waals surface area contributed by atoms with Crippen LogP contribution in [0, 0.1) is 35.5 Å². The molecule has 5 aliphatic rings. The van der Waals surface area contributed by atoms with Crippen molar-refractivity contribution >= 4 is 52.3 Å². The minimum atomic E-state index is -0.347. The molecule has 3 amide bonds. The highest BCUT2D eigenvalue weighted by molar-refractivity contribution is 6.35. The quantitative estimate of drug-likeness (QED) is 0.290. The number of allylic oxidation sites excluding steroid dienone is 2. The molecular weight excluding hydrogens is 523 g/mol. The fraction of sp³-hybridized carbons (Fsp3) is 0.233. The van der Waals surface area contributed by atoms with Crippen molar-refractivity contribution in [1.82, 2.24) is 0 Å². The van der Waals surface area contributed by atoms with Gasteiger partial charge in [0.05, 0.1) is 22.5 Å². The Morgan fingerprint density at radius 3 is 2.21 bits per heavy atom. The molecule has 0 unspecified atom stereocenters. The minimum Gasteiger partial charge on any atom is -0.456 e. The molecule has 6 atom stereocenters. The van der Waals surface area contributed by atoms with E-state index in [0.717, 1.165) is 6.42 Å². The third kappa shape index (κ3) is 3.74. The number of amides is 3. The maximum Gasteiger partial charge on any atom is 0.255 e. The molecule has 4 aliphatic carbocycles. The Labute approximate surface area is 229 Å². The number of hydrogen-bond acceptors (Lipinski definition) is 4. The summed E-state index contributed by atoms with van der Waals surface area (Å²) < 4.78 is 5.79. The van der Waals surface area contributed by atoms with Gasteiger partial charge in [0.2, 0.25) is 11.8 Å². The maximum absolute atomic E-state index is 13.4. The smallest absolute Gasteiger partial charge is 0.255 e. The van der Waals surface area contributed by atoms with Gasteiger partial charge in [0.25, 0.3) is 5.91 Å². The van der Waals surface area contributed by atoms with Gasteiger partial charge in [-0.05, 0) is 90.8 Å². The van der Waals surface area contributed by atoms with E-state index in [4.69, 9.17) is 27.9 Å². The molecule has 3 aromatic rings. The second-order valence-electron chi connectivity index (χ2n) is 10.4. The van der Waals surface area contributed by atoms with Crippen molar-refractivity contribution in [2.75, 3.05) is 10.2 Å². The van der Waals surface area contributed by atoms with Gasteiger partial charge in [-0.1, -0.05) is 41.4 Å². The second-order valence-corrected chi connectivity index (χ2v) is 11.2. The molecule has 6 nitrogen and oxygen atoms in total. The lowest BCUT2D eigenvalue weighted by atomic mass is 9.63. The second kappa shape index (κ2) is 8.72. The van der Waals surface area contributed by atoms with E-state index in [9.17, 15) is 14.4 Å². The first kappa shape index (κ1) is 23.5. The first-order valence-corrected chi connectivity index (χ1v) is 13.3. The van der Waals surface area contributed by atoms with Crippen LogP contribution in [0.5, 0.6) is 11.5 Å². The van der Waals surface area contributed by atoms with E-state index in [1.807, 2.05) is 0 Å². The van der Waals surface area contributed by atoms with Crippen molar-refractivity contribution in [2.45, 2.75) is 6.42 Å². The van der Waals surface area contributed by atoms with Crippen LogP contribution in [0.15, 0.2) is 78.9 Å². The number of benzene rings is 3. The third-order valence-corrected chi connectivity index (χ3v) is 8.79. The number of anilines is 2. The summed E-state index contributed by atoms with van der Waals surface area (Å²) in [5, 5.41) is 3.77. The normalized spacial score (nSPS) is 28.2. The van der Waals surface area contributed by atoms with E-state index in [1.54, 1.807) is 66.7 Å². The highest BCUT2D eigenvalue weighted by Gasteiger charge is 2.67. The summed E-state index contributed by atoms with van der Waals surface area (Å²) in [5.41, 5.74) is 1.37. The number of nitrogens with one attached hydrogen (secondary N) is 1. The lowest BCUT2D eigenvalue weighted by molar-refractivity contribution is -0.124. The molecule has 0 radical (unpaired) electrons. The predicted molar refractivity (Wildman–Crippen MR) is 145 cm³/mol. The Hall–Kier alpha value is -3.61. The molecule has 1 aliphatic heterocycles. The van der Waals surface area contributed by atoms with Gasteiger partial charge in [0.15, 0.2) is 0 Å². The zero-order valence-electron chi connectivity index (χ0n) is 20.0. The Bertz CT molecular complexity index is 1500. The van der Waals surface area contributed by atoms with Crippen LogP contribution >= 0.6 is 23.2 Å². The molecule has 0 spiro atoms. The molecule has 8 rings (SSSR count). The Kier molecular flexibility index (Phi) is 5.39. The van der Waals surface area contributed by atoms with Crippen LogP contribution in [-0.4, -0.2) is 17.7 Å². The van der Waals surface area contributed by atoms with Crippen molar-refractivity contribution in [2.24, 2.45) is 35.5 Å². The third-order valence-electron chi connectivity index (χ3n) is 8.26.